The minimum atomic E-state index is -0.504. The molecule has 6 heteroatoms. The number of amides is 2. The average molecular weight is 371 g/mol. The van der Waals surface area contributed by atoms with E-state index >= 15 is 0 Å². The van der Waals surface area contributed by atoms with E-state index < -0.39 is 6.04 Å². The second-order valence-electron chi connectivity index (χ2n) is 7.54. The van der Waals surface area contributed by atoms with Gasteiger partial charge in [-0.3, -0.25) is 4.90 Å². The number of hydrogen-bond acceptors (Lipinski definition) is 4. The summed E-state index contributed by atoms with van der Waals surface area (Å²) < 4.78 is 5.33. The number of nitrogens with one attached hydrogen (secondary N) is 2. The Morgan fingerprint density at radius 3 is 2.70 bits per heavy atom. The van der Waals surface area contributed by atoms with Crippen LogP contribution in [0.1, 0.15) is 43.9 Å². The first-order valence-corrected chi connectivity index (χ1v) is 9.74. The summed E-state index contributed by atoms with van der Waals surface area (Å²) >= 11 is 0. The monoisotopic (exact) mass is 371 g/mol. The predicted molar refractivity (Wildman–Crippen MR) is 104 cm³/mol. The minimum Gasteiger partial charge on any atom is -0.463 e. The highest BCUT2D eigenvalue weighted by atomic mass is 16.5. The van der Waals surface area contributed by atoms with Crippen LogP contribution in [-0.2, 0) is 9.53 Å². The molecule has 1 aromatic carbocycles. The number of nitrogens with zero attached hydrogens (tertiary/aromatic N) is 1. The Hall–Kier alpha value is -2.34. The highest BCUT2D eigenvalue weighted by Crippen LogP contribution is 2.29. The third-order valence-electron chi connectivity index (χ3n) is 5.18. The van der Waals surface area contributed by atoms with Gasteiger partial charge in [-0.1, -0.05) is 36.8 Å². The molecule has 0 radical (unpaired) electrons. The molecule has 0 saturated carbocycles. The topological polar surface area (TPSA) is 70.7 Å². The number of piperidine rings is 1. The maximum Gasteiger partial charge on any atom is 0.338 e. The zero-order valence-corrected chi connectivity index (χ0v) is 16.4. The standard InChI is InChI=1S/C21H29N3O3/c1-4-27-20(25)18-17(13-24-11-5-6-15(3)12-24)22-21(26)23-19(18)16-9-7-14(2)8-10-16/h7-10,15,19H,4-6,11-13H2,1-3H3,(H2,22,23,26)/t15-,19+/m0/s1. The van der Waals surface area contributed by atoms with Crippen molar-refractivity contribution < 1.29 is 14.3 Å². The van der Waals surface area contributed by atoms with Gasteiger partial charge in [0.05, 0.1) is 18.2 Å². The van der Waals surface area contributed by atoms with Crippen LogP contribution in [0.3, 0.4) is 0 Å². The molecule has 0 spiro atoms. The molecule has 1 fully saturated rings. The first-order valence-electron chi connectivity index (χ1n) is 9.74. The van der Waals surface area contributed by atoms with Gasteiger partial charge in [0.25, 0.3) is 0 Å². The van der Waals surface area contributed by atoms with E-state index in [1.54, 1.807) is 6.92 Å². The lowest BCUT2D eigenvalue weighted by Gasteiger charge is -2.35. The molecule has 0 unspecified atom stereocenters. The van der Waals surface area contributed by atoms with Crippen molar-refractivity contribution in [2.45, 2.75) is 39.7 Å². The smallest absolute Gasteiger partial charge is 0.338 e. The molecule has 2 aliphatic heterocycles. The second-order valence-corrected chi connectivity index (χ2v) is 7.54. The summed E-state index contributed by atoms with van der Waals surface area (Å²) in [7, 11) is 0. The zero-order valence-electron chi connectivity index (χ0n) is 16.4. The molecule has 0 bridgehead atoms. The number of aryl methyl sites for hydroxylation is 1. The van der Waals surface area contributed by atoms with Gasteiger partial charge in [-0.05, 0) is 44.7 Å². The normalized spacial score (nSPS) is 23.6. The molecule has 1 saturated heterocycles. The number of rotatable bonds is 5. The molecule has 1 aromatic rings. The number of benzene rings is 1. The summed E-state index contributed by atoms with van der Waals surface area (Å²) in [6, 6.07) is 7.08. The number of urea groups is 1. The van der Waals surface area contributed by atoms with Gasteiger partial charge in [-0.25, -0.2) is 9.59 Å². The number of ether oxygens (including phenoxy) is 1. The fourth-order valence-electron chi connectivity index (χ4n) is 3.86. The number of hydrogen-bond donors (Lipinski definition) is 2. The Balaban J connectivity index is 1.96. The van der Waals surface area contributed by atoms with E-state index in [2.05, 4.69) is 22.5 Å². The molecule has 2 heterocycles. The molecular formula is C21H29N3O3. The summed E-state index contributed by atoms with van der Waals surface area (Å²) in [4.78, 5) is 27.4. The van der Waals surface area contributed by atoms with Crippen molar-refractivity contribution >= 4 is 12.0 Å². The first kappa shape index (κ1) is 19.4. The summed E-state index contributed by atoms with van der Waals surface area (Å²) in [6.07, 6.45) is 2.36. The molecule has 3 rings (SSSR count). The third kappa shape index (κ3) is 4.69. The predicted octanol–water partition coefficient (Wildman–Crippen LogP) is 2.90. The van der Waals surface area contributed by atoms with Crippen LogP contribution in [0.5, 0.6) is 0 Å². The van der Waals surface area contributed by atoms with E-state index in [1.807, 2.05) is 31.2 Å². The van der Waals surface area contributed by atoms with Crippen LogP contribution in [0, 0.1) is 12.8 Å². The maximum atomic E-state index is 12.8. The SMILES string of the molecule is CCOC(=O)C1=C(CN2CCC[C@H](C)C2)NC(=O)N[C@@H]1c1ccc(C)cc1. The molecular weight excluding hydrogens is 342 g/mol. The van der Waals surface area contributed by atoms with Gasteiger partial charge in [0, 0.05) is 18.8 Å². The van der Waals surface area contributed by atoms with E-state index in [4.69, 9.17) is 4.74 Å². The molecule has 0 aromatic heterocycles. The minimum absolute atomic E-state index is 0.284. The molecule has 2 atom stereocenters. The average Bonchev–Trinajstić information content (AvgIpc) is 2.62. The van der Waals surface area contributed by atoms with Crippen molar-refractivity contribution in [3.8, 4) is 0 Å². The molecule has 146 valence electrons. The van der Waals surface area contributed by atoms with Gasteiger partial charge >= 0.3 is 12.0 Å². The Kier molecular flexibility index (Phi) is 6.16. The lowest BCUT2D eigenvalue weighted by Crippen LogP contribution is -2.49. The van der Waals surface area contributed by atoms with Crippen molar-refractivity contribution in [3.63, 3.8) is 0 Å². The zero-order chi connectivity index (χ0) is 19.4. The first-order chi connectivity index (χ1) is 13.0. The van der Waals surface area contributed by atoms with Crippen LogP contribution in [0.2, 0.25) is 0 Å². The highest BCUT2D eigenvalue weighted by Gasteiger charge is 2.34. The number of likely N-dealkylation sites (tertiary alicyclic amines) is 1. The van der Waals surface area contributed by atoms with Crippen LogP contribution in [-0.4, -0.2) is 43.1 Å². The quantitative estimate of drug-likeness (QED) is 0.781. The van der Waals surface area contributed by atoms with Crippen LogP contribution in [0.15, 0.2) is 35.5 Å². The summed E-state index contributed by atoms with van der Waals surface area (Å²) in [5, 5.41) is 5.76. The Labute approximate surface area is 161 Å². The van der Waals surface area contributed by atoms with E-state index in [0.717, 1.165) is 30.6 Å². The summed E-state index contributed by atoms with van der Waals surface area (Å²) in [5.74, 6) is 0.242. The molecule has 2 amide bonds. The van der Waals surface area contributed by atoms with Gasteiger partial charge in [-0.15, -0.1) is 0 Å². The van der Waals surface area contributed by atoms with Crippen molar-refractivity contribution in [1.29, 1.82) is 0 Å². The molecule has 6 nitrogen and oxygen atoms in total. The number of esters is 1. The van der Waals surface area contributed by atoms with Crippen LogP contribution in [0.25, 0.3) is 0 Å². The van der Waals surface area contributed by atoms with Gasteiger partial charge in [0.2, 0.25) is 0 Å². The highest BCUT2D eigenvalue weighted by molar-refractivity contribution is 5.95. The fraction of sp³-hybridized carbons (Fsp3) is 0.524. The fourth-order valence-corrected chi connectivity index (χ4v) is 3.86. The van der Waals surface area contributed by atoms with Crippen LogP contribution >= 0.6 is 0 Å². The van der Waals surface area contributed by atoms with Crippen molar-refractivity contribution in [3.05, 3.63) is 46.7 Å². The van der Waals surface area contributed by atoms with Gasteiger partial charge < -0.3 is 15.4 Å². The van der Waals surface area contributed by atoms with E-state index in [0.29, 0.717) is 30.3 Å². The summed E-state index contributed by atoms with van der Waals surface area (Å²) in [6.45, 7) is 8.83. The molecule has 2 N–H and O–H groups in total. The molecule has 0 aliphatic carbocycles. The van der Waals surface area contributed by atoms with Crippen molar-refractivity contribution in [2.75, 3.05) is 26.2 Å². The number of carbonyl (C=O) groups excluding carboxylic acids is 2. The lowest BCUT2D eigenvalue weighted by molar-refractivity contribution is -0.139. The van der Waals surface area contributed by atoms with Crippen LogP contribution in [0.4, 0.5) is 4.79 Å². The van der Waals surface area contributed by atoms with Gasteiger partial charge in [0.1, 0.15) is 0 Å². The van der Waals surface area contributed by atoms with Crippen molar-refractivity contribution in [2.24, 2.45) is 5.92 Å². The maximum absolute atomic E-state index is 12.8. The van der Waals surface area contributed by atoms with E-state index in [-0.39, 0.29) is 12.0 Å². The second kappa shape index (κ2) is 8.57. The van der Waals surface area contributed by atoms with Crippen LogP contribution < -0.4 is 10.6 Å². The third-order valence-corrected chi connectivity index (χ3v) is 5.18. The molecule has 27 heavy (non-hydrogen) atoms. The van der Waals surface area contributed by atoms with Gasteiger partial charge in [-0.2, -0.15) is 0 Å². The lowest BCUT2D eigenvalue weighted by atomic mass is 9.93. The Morgan fingerprint density at radius 1 is 1.30 bits per heavy atom. The Morgan fingerprint density at radius 2 is 2.04 bits per heavy atom. The van der Waals surface area contributed by atoms with Gasteiger partial charge in [0.15, 0.2) is 0 Å². The number of carbonyl (C=O) groups is 2. The molecule has 2 aliphatic rings. The Bertz CT molecular complexity index is 727. The largest absolute Gasteiger partial charge is 0.463 e. The van der Waals surface area contributed by atoms with E-state index in [1.165, 1.54) is 6.42 Å². The van der Waals surface area contributed by atoms with E-state index in [9.17, 15) is 9.59 Å². The van der Waals surface area contributed by atoms with Crippen molar-refractivity contribution in [1.82, 2.24) is 15.5 Å². The summed E-state index contributed by atoms with van der Waals surface area (Å²) in [5.41, 5.74) is 3.15.